The predicted octanol–water partition coefficient (Wildman–Crippen LogP) is 2.61. The normalized spacial score (nSPS) is 27.3. The Kier molecular flexibility index (Phi) is 4.28. The molecule has 20 heavy (non-hydrogen) atoms. The van der Waals surface area contributed by atoms with Crippen molar-refractivity contribution in [3.63, 3.8) is 0 Å². The zero-order valence-electron chi connectivity index (χ0n) is 11.5. The average molecular weight is 282 g/mol. The van der Waals surface area contributed by atoms with Gasteiger partial charge in [0, 0.05) is 5.92 Å². The molecule has 0 saturated heterocycles. The summed E-state index contributed by atoms with van der Waals surface area (Å²) < 4.78 is 18.5. The summed E-state index contributed by atoms with van der Waals surface area (Å²) in [5.41, 5.74) is 0.397. The molecule has 110 valence electrons. The van der Waals surface area contributed by atoms with Crippen molar-refractivity contribution in [3.05, 3.63) is 29.6 Å². The third kappa shape index (κ3) is 2.77. The quantitative estimate of drug-likeness (QED) is 0.891. The number of rotatable bonds is 4. The zero-order valence-corrected chi connectivity index (χ0v) is 11.5. The SMILES string of the molecule is COc1ccc(C(O)C2CC(C)CC2C(=O)O)cc1F. The van der Waals surface area contributed by atoms with Crippen molar-refractivity contribution in [1.82, 2.24) is 0 Å². The lowest BCUT2D eigenvalue weighted by molar-refractivity contribution is -0.144. The summed E-state index contributed by atoms with van der Waals surface area (Å²) >= 11 is 0. The maximum absolute atomic E-state index is 13.7. The van der Waals surface area contributed by atoms with Gasteiger partial charge in [0.25, 0.3) is 0 Å². The second kappa shape index (κ2) is 5.79. The molecular weight excluding hydrogens is 263 g/mol. The highest BCUT2D eigenvalue weighted by Crippen LogP contribution is 2.43. The molecule has 1 aliphatic carbocycles. The average Bonchev–Trinajstić information content (AvgIpc) is 2.80. The van der Waals surface area contributed by atoms with Gasteiger partial charge in [-0.2, -0.15) is 0 Å². The van der Waals surface area contributed by atoms with E-state index in [-0.39, 0.29) is 17.6 Å². The van der Waals surface area contributed by atoms with Gasteiger partial charge >= 0.3 is 5.97 Å². The van der Waals surface area contributed by atoms with Gasteiger partial charge in [0.05, 0.1) is 19.1 Å². The Morgan fingerprint density at radius 3 is 2.70 bits per heavy atom. The first-order valence-electron chi connectivity index (χ1n) is 6.68. The summed E-state index contributed by atoms with van der Waals surface area (Å²) in [6.45, 7) is 1.97. The summed E-state index contributed by atoms with van der Waals surface area (Å²) in [7, 11) is 1.37. The highest BCUT2D eigenvalue weighted by molar-refractivity contribution is 5.71. The van der Waals surface area contributed by atoms with E-state index in [4.69, 9.17) is 4.74 Å². The molecule has 4 unspecified atom stereocenters. The Bertz CT molecular complexity index is 503. The zero-order chi connectivity index (χ0) is 14.9. The van der Waals surface area contributed by atoms with E-state index in [1.54, 1.807) is 6.07 Å². The molecular formula is C15H19FO4. The molecule has 1 aliphatic rings. The molecule has 0 aliphatic heterocycles. The minimum Gasteiger partial charge on any atom is -0.494 e. The topological polar surface area (TPSA) is 66.8 Å². The van der Waals surface area contributed by atoms with Crippen LogP contribution in [0.15, 0.2) is 18.2 Å². The molecule has 0 amide bonds. The van der Waals surface area contributed by atoms with Crippen LogP contribution in [0.4, 0.5) is 4.39 Å². The van der Waals surface area contributed by atoms with Crippen molar-refractivity contribution < 1.29 is 24.1 Å². The first kappa shape index (κ1) is 14.8. The van der Waals surface area contributed by atoms with Gasteiger partial charge in [-0.05, 0) is 36.5 Å². The van der Waals surface area contributed by atoms with Gasteiger partial charge in [-0.1, -0.05) is 13.0 Å². The van der Waals surface area contributed by atoms with E-state index in [2.05, 4.69) is 0 Å². The van der Waals surface area contributed by atoms with Crippen LogP contribution in [0.2, 0.25) is 0 Å². The molecule has 1 fully saturated rings. The van der Waals surface area contributed by atoms with E-state index in [0.717, 1.165) is 0 Å². The van der Waals surface area contributed by atoms with Crippen LogP contribution < -0.4 is 4.74 Å². The molecule has 4 atom stereocenters. The Morgan fingerprint density at radius 1 is 1.45 bits per heavy atom. The summed E-state index contributed by atoms with van der Waals surface area (Å²) in [6, 6.07) is 4.24. The largest absolute Gasteiger partial charge is 0.494 e. The van der Waals surface area contributed by atoms with Crippen molar-refractivity contribution >= 4 is 5.97 Å². The Hall–Kier alpha value is -1.62. The van der Waals surface area contributed by atoms with Crippen LogP contribution in [0.5, 0.6) is 5.75 Å². The van der Waals surface area contributed by atoms with Crippen LogP contribution in [-0.4, -0.2) is 23.3 Å². The lowest BCUT2D eigenvalue weighted by Gasteiger charge is -2.22. The van der Waals surface area contributed by atoms with Gasteiger partial charge in [0.1, 0.15) is 0 Å². The molecule has 4 nitrogen and oxygen atoms in total. The molecule has 1 saturated carbocycles. The molecule has 0 aromatic heterocycles. The third-order valence-corrected chi connectivity index (χ3v) is 4.09. The van der Waals surface area contributed by atoms with E-state index in [9.17, 15) is 19.4 Å². The van der Waals surface area contributed by atoms with Crippen molar-refractivity contribution in [3.8, 4) is 5.75 Å². The number of carboxylic acids is 1. The van der Waals surface area contributed by atoms with E-state index in [0.29, 0.717) is 18.4 Å². The number of aliphatic hydroxyl groups excluding tert-OH is 1. The molecule has 2 N–H and O–H groups in total. The number of ether oxygens (including phenoxy) is 1. The Labute approximate surface area is 117 Å². The first-order valence-corrected chi connectivity index (χ1v) is 6.68. The minimum absolute atomic E-state index is 0.107. The molecule has 5 heteroatoms. The van der Waals surface area contributed by atoms with Crippen LogP contribution in [0.25, 0.3) is 0 Å². The van der Waals surface area contributed by atoms with Gasteiger partial charge in [-0.3, -0.25) is 4.79 Å². The number of carboxylic acid groups (broad SMARTS) is 1. The third-order valence-electron chi connectivity index (χ3n) is 4.09. The number of methoxy groups -OCH3 is 1. The number of carbonyl (C=O) groups is 1. The fourth-order valence-electron chi connectivity index (χ4n) is 3.08. The van der Waals surface area contributed by atoms with Crippen LogP contribution in [0, 0.1) is 23.6 Å². The van der Waals surface area contributed by atoms with Crippen molar-refractivity contribution in [2.45, 2.75) is 25.9 Å². The second-order valence-corrected chi connectivity index (χ2v) is 5.52. The van der Waals surface area contributed by atoms with E-state index >= 15 is 0 Å². The fourth-order valence-corrected chi connectivity index (χ4v) is 3.08. The molecule has 0 bridgehead atoms. The van der Waals surface area contributed by atoms with Crippen molar-refractivity contribution in [1.29, 1.82) is 0 Å². The monoisotopic (exact) mass is 282 g/mol. The van der Waals surface area contributed by atoms with Crippen LogP contribution in [0.3, 0.4) is 0 Å². The highest BCUT2D eigenvalue weighted by atomic mass is 19.1. The fraction of sp³-hybridized carbons (Fsp3) is 0.533. The van der Waals surface area contributed by atoms with Gasteiger partial charge in [0.15, 0.2) is 11.6 Å². The molecule has 0 spiro atoms. The van der Waals surface area contributed by atoms with Crippen LogP contribution in [-0.2, 0) is 4.79 Å². The van der Waals surface area contributed by atoms with E-state index in [1.807, 2.05) is 6.92 Å². The molecule has 2 rings (SSSR count). The predicted molar refractivity (Wildman–Crippen MR) is 70.9 cm³/mol. The van der Waals surface area contributed by atoms with Gasteiger partial charge in [-0.15, -0.1) is 0 Å². The van der Waals surface area contributed by atoms with Crippen LogP contribution in [0.1, 0.15) is 31.4 Å². The molecule has 0 radical (unpaired) electrons. The van der Waals surface area contributed by atoms with E-state index < -0.39 is 23.8 Å². The lowest BCUT2D eigenvalue weighted by Crippen LogP contribution is -2.24. The Balaban J connectivity index is 2.24. The maximum atomic E-state index is 13.7. The maximum Gasteiger partial charge on any atom is 0.306 e. The van der Waals surface area contributed by atoms with Gasteiger partial charge in [0.2, 0.25) is 0 Å². The molecule has 1 aromatic carbocycles. The van der Waals surface area contributed by atoms with E-state index in [1.165, 1.54) is 19.2 Å². The number of hydrogen-bond acceptors (Lipinski definition) is 3. The number of halogens is 1. The standard InChI is InChI=1S/C15H19FO4/c1-8-5-10(11(6-8)15(18)19)14(17)9-3-4-13(20-2)12(16)7-9/h3-4,7-8,10-11,14,17H,5-6H2,1-2H3,(H,18,19). The van der Waals surface area contributed by atoms with Crippen LogP contribution >= 0.6 is 0 Å². The Morgan fingerprint density at radius 2 is 2.15 bits per heavy atom. The van der Waals surface area contributed by atoms with Crippen molar-refractivity contribution in [2.24, 2.45) is 17.8 Å². The minimum atomic E-state index is -0.971. The van der Waals surface area contributed by atoms with Crippen molar-refractivity contribution in [2.75, 3.05) is 7.11 Å². The number of benzene rings is 1. The van der Waals surface area contributed by atoms with Gasteiger partial charge < -0.3 is 14.9 Å². The summed E-state index contributed by atoms with van der Waals surface area (Å²) in [5.74, 6) is -2.05. The lowest BCUT2D eigenvalue weighted by atomic mass is 9.87. The second-order valence-electron chi connectivity index (χ2n) is 5.52. The smallest absolute Gasteiger partial charge is 0.306 e. The molecule has 0 heterocycles. The summed E-state index contributed by atoms with van der Waals surface area (Å²) in [6.07, 6.45) is 0.211. The summed E-state index contributed by atoms with van der Waals surface area (Å²) in [5, 5.41) is 19.6. The number of aliphatic carboxylic acids is 1. The van der Waals surface area contributed by atoms with Gasteiger partial charge in [-0.25, -0.2) is 4.39 Å². The molecule has 1 aromatic rings. The number of aliphatic hydroxyl groups is 1. The summed E-state index contributed by atoms with van der Waals surface area (Å²) in [4.78, 5) is 11.3. The first-order chi connectivity index (χ1) is 9.43. The highest BCUT2D eigenvalue weighted by Gasteiger charge is 2.41. The number of hydrogen-bond donors (Lipinski definition) is 2.